The zero-order valence-electron chi connectivity index (χ0n) is 11.1. The lowest BCUT2D eigenvalue weighted by Gasteiger charge is -2.18. The first-order valence-electron chi connectivity index (χ1n) is 6.89. The van der Waals surface area contributed by atoms with Crippen molar-refractivity contribution in [2.75, 3.05) is 19.8 Å². The highest BCUT2D eigenvalue weighted by atomic mass is 19.4. The molecule has 1 unspecified atom stereocenters. The molecule has 1 aliphatic rings. The van der Waals surface area contributed by atoms with Crippen molar-refractivity contribution in [3.8, 4) is 0 Å². The van der Waals surface area contributed by atoms with Gasteiger partial charge in [0.1, 0.15) is 6.61 Å². The number of nitrogens with one attached hydrogen (secondary N) is 1. The van der Waals surface area contributed by atoms with Crippen LogP contribution in [0.4, 0.5) is 13.2 Å². The maximum atomic E-state index is 11.9. The summed E-state index contributed by atoms with van der Waals surface area (Å²) < 4.78 is 40.4. The van der Waals surface area contributed by atoms with Crippen molar-refractivity contribution in [1.29, 1.82) is 0 Å². The number of hydrogen-bond donors (Lipinski definition) is 1. The Hall–Kier alpha value is -0.290. The summed E-state index contributed by atoms with van der Waals surface area (Å²) in [6.45, 7) is 2.07. The maximum absolute atomic E-state index is 11.9. The highest BCUT2D eigenvalue weighted by Gasteiger charge is 2.27. The molecule has 1 rings (SSSR count). The molecule has 1 fully saturated rings. The van der Waals surface area contributed by atoms with E-state index in [2.05, 4.69) is 17.0 Å². The number of alkyl halides is 3. The summed E-state index contributed by atoms with van der Waals surface area (Å²) in [5.41, 5.74) is 0. The third-order valence-corrected chi connectivity index (χ3v) is 3.18. The van der Waals surface area contributed by atoms with Gasteiger partial charge in [-0.2, -0.15) is 13.2 Å². The quantitative estimate of drug-likeness (QED) is 0.612. The van der Waals surface area contributed by atoms with Gasteiger partial charge in [-0.1, -0.05) is 19.8 Å². The summed E-state index contributed by atoms with van der Waals surface area (Å²) >= 11 is 0. The predicted molar refractivity (Wildman–Crippen MR) is 65.5 cm³/mol. The first-order chi connectivity index (χ1) is 8.51. The molecule has 0 bridgehead atoms. The molecule has 5 heteroatoms. The van der Waals surface area contributed by atoms with E-state index in [0.29, 0.717) is 12.5 Å². The fraction of sp³-hybridized carbons (Fsp3) is 1.00. The average Bonchev–Trinajstić information content (AvgIpc) is 3.09. The van der Waals surface area contributed by atoms with Crippen LogP contribution in [0.1, 0.15) is 45.4 Å². The molecule has 0 aromatic carbocycles. The van der Waals surface area contributed by atoms with Gasteiger partial charge in [-0.3, -0.25) is 0 Å². The summed E-state index contributed by atoms with van der Waals surface area (Å²) in [5, 5.41) is 3.39. The Morgan fingerprint density at radius 3 is 2.56 bits per heavy atom. The van der Waals surface area contributed by atoms with Gasteiger partial charge in [0.2, 0.25) is 0 Å². The van der Waals surface area contributed by atoms with E-state index in [1.165, 1.54) is 19.3 Å². The number of hydrogen-bond acceptors (Lipinski definition) is 2. The van der Waals surface area contributed by atoms with E-state index >= 15 is 0 Å². The van der Waals surface area contributed by atoms with Gasteiger partial charge < -0.3 is 10.1 Å². The Kier molecular flexibility index (Phi) is 7.00. The Morgan fingerprint density at radius 2 is 2.00 bits per heavy atom. The molecule has 0 heterocycles. The van der Waals surface area contributed by atoms with Gasteiger partial charge in [-0.05, 0) is 38.1 Å². The fourth-order valence-corrected chi connectivity index (χ4v) is 1.95. The van der Waals surface area contributed by atoms with Crippen LogP contribution in [-0.2, 0) is 4.74 Å². The molecule has 18 heavy (non-hydrogen) atoms. The molecular formula is C13H24F3NO. The minimum atomic E-state index is -4.21. The summed E-state index contributed by atoms with van der Waals surface area (Å²) in [7, 11) is 0. The first-order valence-corrected chi connectivity index (χ1v) is 6.89. The Labute approximate surface area is 107 Å². The molecule has 0 saturated heterocycles. The van der Waals surface area contributed by atoms with E-state index < -0.39 is 12.8 Å². The standard InChI is InChI=1S/C13H24F3NO/c1-2-8-17-12(6-5-11-3-4-11)7-9-18-10-13(14,15)16/h11-12,17H,2-10H2,1H3. The smallest absolute Gasteiger partial charge is 0.372 e. The molecule has 0 aromatic rings. The number of rotatable bonds is 10. The van der Waals surface area contributed by atoms with Gasteiger partial charge in [0.05, 0.1) is 0 Å². The van der Waals surface area contributed by atoms with E-state index in [4.69, 9.17) is 0 Å². The van der Waals surface area contributed by atoms with E-state index in [1.54, 1.807) is 0 Å². The lowest BCUT2D eigenvalue weighted by Crippen LogP contribution is -2.31. The monoisotopic (exact) mass is 267 g/mol. The second-order valence-electron chi connectivity index (χ2n) is 5.13. The first kappa shape index (κ1) is 15.8. The highest BCUT2D eigenvalue weighted by molar-refractivity contribution is 4.76. The molecule has 0 aromatic heterocycles. The van der Waals surface area contributed by atoms with Crippen LogP contribution in [0.25, 0.3) is 0 Å². The molecule has 0 aliphatic heterocycles. The highest BCUT2D eigenvalue weighted by Crippen LogP contribution is 2.34. The minimum absolute atomic E-state index is 0.186. The van der Waals surface area contributed by atoms with Crippen LogP contribution in [-0.4, -0.2) is 32.0 Å². The third kappa shape index (κ3) is 8.75. The Morgan fingerprint density at radius 1 is 1.28 bits per heavy atom. The van der Waals surface area contributed by atoms with Crippen molar-refractivity contribution >= 4 is 0 Å². The van der Waals surface area contributed by atoms with Gasteiger partial charge >= 0.3 is 6.18 Å². The second kappa shape index (κ2) is 8.00. The topological polar surface area (TPSA) is 21.3 Å². The van der Waals surface area contributed by atoms with Crippen LogP contribution in [0, 0.1) is 5.92 Å². The summed E-state index contributed by atoms with van der Waals surface area (Å²) in [6.07, 6.45) is 2.41. The van der Waals surface area contributed by atoms with Crippen molar-refractivity contribution < 1.29 is 17.9 Å². The molecule has 1 aliphatic carbocycles. The number of ether oxygens (including phenoxy) is 1. The van der Waals surface area contributed by atoms with Crippen molar-refractivity contribution in [2.45, 2.75) is 57.7 Å². The zero-order chi connectivity index (χ0) is 13.4. The number of halogens is 3. The maximum Gasteiger partial charge on any atom is 0.411 e. The van der Waals surface area contributed by atoms with Crippen LogP contribution in [0.5, 0.6) is 0 Å². The molecule has 0 amide bonds. The minimum Gasteiger partial charge on any atom is -0.372 e. The Bertz CT molecular complexity index is 217. The Balaban J connectivity index is 2.09. The van der Waals surface area contributed by atoms with Crippen molar-refractivity contribution in [1.82, 2.24) is 5.32 Å². The summed E-state index contributed by atoms with van der Waals surface area (Å²) in [4.78, 5) is 0. The van der Waals surface area contributed by atoms with E-state index in [0.717, 1.165) is 25.3 Å². The third-order valence-electron chi connectivity index (χ3n) is 3.18. The molecule has 1 saturated carbocycles. The molecule has 2 nitrogen and oxygen atoms in total. The lowest BCUT2D eigenvalue weighted by molar-refractivity contribution is -0.174. The molecule has 0 radical (unpaired) electrons. The van der Waals surface area contributed by atoms with Crippen LogP contribution in [0.2, 0.25) is 0 Å². The SMILES string of the molecule is CCCNC(CCOCC(F)(F)F)CCC1CC1. The molecule has 1 N–H and O–H groups in total. The molecule has 1 atom stereocenters. The van der Waals surface area contributed by atoms with E-state index in [-0.39, 0.29) is 6.61 Å². The van der Waals surface area contributed by atoms with Crippen molar-refractivity contribution in [3.63, 3.8) is 0 Å². The fourth-order valence-electron chi connectivity index (χ4n) is 1.95. The van der Waals surface area contributed by atoms with E-state index in [9.17, 15) is 13.2 Å². The van der Waals surface area contributed by atoms with Crippen LogP contribution < -0.4 is 5.32 Å². The van der Waals surface area contributed by atoms with Gasteiger partial charge in [0.25, 0.3) is 0 Å². The van der Waals surface area contributed by atoms with Crippen LogP contribution in [0.15, 0.2) is 0 Å². The largest absolute Gasteiger partial charge is 0.411 e. The van der Waals surface area contributed by atoms with Gasteiger partial charge in [-0.25, -0.2) is 0 Å². The average molecular weight is 267 g/mol. The van der Waals surface area contributed by atoms with Crippen molar-refractivity contribution in [2.24, 2.45) is 5.92 Å². The normalized spacial score (nSPS) is 18.0. The lowest BCUT2D eigenvalue weighted by atomic mass is 10.1. The van der Waals surface area contributed by atoms with Crippen molar-refractivity contribution in [3.05, 3.63) is 0 Å². The summed E-state index contributed by atoms with van der Waals surface area (Å²) in [6, 6.07) is 0.304. The molecule has 0 spiro atoms. The molecule has 108 valence electrons. The second-order valence-corrected chi connectivity index (χ2v) is 5.13. The van der Waals surface area contributed by atoms with Crippen LogP contribution in [0.3, 0.4) is 0 Å². The van der Waals surface area contributed by atoms with Gasteiger partial charge in [-0.15, -0.1) is 0 Å². The van der Waals surface area contributed by atoms with Crippen LogP contribution >= 0.6 is 0 Å². The molecular weight excluding hydrogens is 243 g/mol. The van der Waals surface area contributed by atoms with E-state index in [1.807, 2.05) is 0 Å². The van der Waals surface area contributed by atoms with Gasteiger partial charge in [0, 0.05) is 12.6 Å². The predicted octanol–water partition coefficient (Wildman–Crippen LogP) is 3.51. The summed E-state index contributed by atoms with van der Waals surface area (Å²) in [5.74, 6) is 0.868. The zero-order valence-corrected chi connectivity index (χ0v) is 11.1. The van der Waals surface area contributed by atoms with Gasteiger partial charge in [0.15, 0.2) is 0 Å².